The van der Waals surface area contributed by atoms with Crippen molar-refractivity contribution in [2.24, 2.45) is 0 Å². The van der Waals surface area contributed by atoms with Crippen LogP contribution >= 0.6 is 0 Å². The summed E-state index contributed by atoms with van der Waals surface area (Å²) in [4.78, 5) is 14.1. The van der Waals surface area contributed by atoms with Gasteiger partial charge in [0.2, 0.25) is 5.95 Å². The number of hydrogen-bond donors (Lipinski definition) is 1. The van der Waals surface area contributed by atoms with E-state index in [-0.39, 0.29) is 0 Å². The monoisotopic (exact) mass is 400 g/mol. The molecule has 4 aromatic carbocycles. The summed E-state index contributed by atoms with van der Waals surface area (Å²) in [7, 11) is 0. The highest BCUT2D eigenvalue weighted by Gasteiger charge is 2.10. The molecule has 0 saturated heterocycles. The normalized spacial score (nSPS) is 10.6. The summed E-state index contributed by atoms with van der Waals surface area (Å²) < 4.78 is 0. The lowest BCUT2D eigenvalue weighted by Crippen LogP contribution is -2.03. The second-order valence-corrected chi connectivity index (χ2v) is 7.11. The molecular weight excluding hydrogens is 380 g/mol. The van der Waals surface area contributed by atoms with Gasteiger partial charge in [0.05, 0.1) is 0 Å². The van der Waals surface area contributed by atoms with Crippen molar-refractivity contribution in [1.82, 2.24) is 15.0 Å². The first-order valence-corrected chi connectivity index (χ1v) is 10.1. The average Bonchev–Trinajstić information content (AvgIpc) is 2.86. The van der Waals surface area contributed by atoms with Gasteiger partial charge in [-0.3, -0.25) is 0 Å². The number of rotatable bonds is 5. The Morgan fingerprint density at radius 1 is 0.387 bits per heavy atom. The molecule has 0 radical (unpaired) electrons. The maximum Gasteiger partial charge on any atom is 0.231 e. The molecule has 0 unspecified atom stereocenters. The van der Waals surface area contributed by atoms with Crippen LogP contribution in [-0.2, 0) is 0 Å². The Hall–Kier alpha value is -4.31. The summed E-state index contributed by atoms with van der Waals surface area (Å²) in [6.45, 7) is 0. The fourth-order valence-corrected chi connectivity index (χ4v) is 3.37. The van der Waals surface area contributed by atoms with Crippen LogP contribution < -0.4 is 5.32 Å². The molecule has 1 N–H and O–H groups in total. The molecule has 0 amide bonds. The van der Waals surface area contributed by atoms with Gasteiger partial charge in [-0.05, 0) is 23.3 Å². The molecule has 4 heteroatoms. The van der Waals surface area contributed by atoms with E-state index in [1.54, 1.807) is 0 Å². The first kappa shape index (κ1) is 18.7. The van der Waals surface area contributed by atoms with Gasteiger partial charge in [0, 0.05) is 16.8 Å². The minimum absolute atomic E-state index is 0.514. The van der Waals surface area contributed by atoms with Crippen LogP contribution in [0.4, 0.5) is 11.6 Å². The molecular formula is C27H20N4. The Morgan fingerprint density at radius 3 is 1.29 bits per heavy atom. The van der Waals surface area contributed by atoms with Crippen molar-refractivity contribution in [1.29, 1.82) is 0 Å². The van der Waals surface area contributed by atoms with Crippen LogP contribution in [0.1, 0.15) is 0 Å². The van der Waals surface area contributed by atoms with Crippen molar-refractivity contribution >= 4 is 11.6 Å². The lowest BCUT2D eigenvalue weighted by atomic mass is 10.1. The Labute approximate surface area is 181 Å². The summed E-state index contributed by atoms with van der Waals surface area (Å²) in [5.41, 5.74) is 5.17. The van der Waals surface area contributed by atoms with Crippen LogP contribution in [0.25, 0.3) is 33.9 Å². The molecule has 0 aliphatic carbocycles. The molecule has 1 heterocycles. The summed E-state index contributed by atoms with van der Waals surface area (Å²) in [6, 6.07) is 38.5. The van der Waals surface area contributed by atoms with Gasteiger partial charge in [-0.2, -0.15) is 9.97 Å². The third kappa shape index (κ3) is 4.33. The summed E-state index contributed by atoms with van der Waals surface area (Å²) in [6.07, 6.45) is 0. The lowest BCUT2D eigenvalue weighted by molar-refractivity contribution is 1.07. The molecule has 5 rings (SSSR count). The largest absolute Gasteiger partial charge is 0.324 e. The van der Waals surface area contributed by atoms with Crippen molar-refractivity contribution in [2.75, 3.05) is 5.32 Å². The third-order valence-electron chi connectivity index (χ3n) is 4.95. The predicted molar refractivity (Wildman–Crippen MR) is 126 cm³/mol. The van der Waals surface area contributed by atoms with E-state index in [1.165, 1.54) is 5.56 Å². The molecule has 0 aliphatic rings. The second kappa shape index (κ2) is 8.59. The van der Waals surface area contributed by atoms with Crippen LogP contribution in [0.2, 0.25) is 0 Å². The SMILES string of the molecule is c1ccc(-c2ccc(Nc3nc(-c4ccccc4)nc(-c4ccccc4)n3)cc2)cc1. The summed E-state index contributed by atoms with van der Waals surface area (Å²) in [5, 5.41) is 3.34. The van der Waals surface area contributed by atoms with E-state index < -0.39 is 0 Å². The molecule has 0 atom stereocenters. The molecule has 1 aromatic heterocycles. The zero-order valence-corrected chi connectivity index (χ0v) is 16.8. The number of benzene rings is 4. The Morgan fingerprint density at radius 2 is 0.806 bits per heavy atom. The van der Waals surface area contributed by atoms with Gasteiger partial charge in [-0.15, -0.1) is 0 Å². The first-order valence-electron chi connectivity index (χ1n) is 10.1. The van der Waals surface area contributed by atoms with Crippen LogP contribution in [0.5, 0.6) is 0 Å². The molecule has 0 bridgehead atoms. The van der Waals surface area contributed by atoms with Crippen LogP contribution in [0, 0.1) is 0 Å². The number of anilines is 2. The van der Waals surface area contributed by atoms with Gasteiger partial charge in [0.25, 0.3) is 0 Å². The predicted octanol–water partition coefficient (Wildman–Crippen LogP) is 6.62. The van der Waals surface area contributed by atoms with Gasteiger partial charge in [-0.1, -0.05) is 103 Å². The molecule has 5 aromatic rings. The smallest absolute Gasteiger partial charge is 0.231 e. The van der Waals surface area contributed by atoms with Crippen molar-refractivity contribution in [2.45, 2.75) is 0 Å². The Balaban J connectivity index is 1.49. The first-order chi connectivity index (χ1) is 15.3. The van der Waals surface area contributed by atoms with E-state index >= 15 is 0 Å². The second-order valence-electron chi connectivity index (χ2n) is 7.11. The van der Waals surface area contributed by atoms with Crippen LogP contribution in [0.15, 0.2) is 115 Å². The van der Waals surface area contributed by atoms with Crippen LogP contribution in [-0.4, -0.2) is 15.0 Å². The van der Waals surface area contributed by atoms with E-state index in [1.807, 2.05) is 91.0 Å². The standard InChI is InChI=1S/C27H20N4/c1-4-10-20(11-5-1)21-16-18-24(19-17-21)28-27-30-25(22-12-6-2-7-13-22)29-26(31-27)23-14-8-3-9-15-23/h1-19H,(H,28,29,30,31). The van der Waals surface area contributed by atoms with Crippen molar-refractivity contribution in [3.05, 3.63) is 115 Å². The zero-order valence-electron chi connectivity index (χ0n) is 16.8. The van der Waals surface area contributed by atoms with Gasteiger partial charge in [0.15, 0.2) is 11.6 Å². The topological polar surface area (TPSA) is 50.7 Å². The van der Waals surface area contributed by atoms with Gasteiger partial charge in [0.1, 0.15) is 0 Å². The highest BCUT2D eigenvalue weighted by molar-refractivity contribution is 5.68. The number of nitrogens with one attached hydrogen (secondary N) is 1. The van der Waals surface area contributed by atoms with Crippen molar-refractivity contribution in [3.63, 3.8) is 0 Å². The van der Waals surface area contributed by atoms with E-state index in [0.29, 0.717) is 17.6 Å². The van der Waals surface area contributed by atoms with Gasteiger partial charge >= 0.3 is 0 Å². The van der Waals surface area contributed by atoms with E-state index in [2.05, 4.69) is 39.6 Å². The fraction of sp³-hybridized carbons (Fsp3) is 0. The number of hydrogen-bond acceptors (Lipinski definition) is 4. The Kier molecular flexibility index (Phi) is 5.18. The average molecular weight is 400 g/mol. The van der Waals surface area contributed by atoms with Crippen molar-refractivity contribution < 1.29 is 0 Å². The molecule has 4 nitrogen and oxygen atoms in total. The van der Waals surface area contributed by atoms with E-state index in [4.69, 9.17) is 4.98 Å². The maximum atomic E-state index is 4.71. The Bertz CT molecular complexity index is 1210. The maximum absolute atomic E-state index is 4.71. The quantitative estimate of drug-likeness (QED) is 0.360. The molecule has 0 fully saturated rings. The van der Waals surface area contributed by atoms with E-state index in [9.17, 15) is 0 Å². The molecule has 0 aliphatic heterocycles. The highest BCUT2D eigenvalue weighted by atomic mass is 15.2. The van der Waals surface area contributed by atoms with Gasteiger partial charge in [-0.25, -0.2) is 4.98 Å². The molecule has 0 spiro atoms. The highest BCUT2D eigenvalue weighted by Crippen LogP contribution is 2.25. The number of aromatic nitrogens is 3. The zero-order chi connectivity index (χ0) is 20.9. The van der Waals surface area contributed by atoms with Crippen molar-refractivity contribution in [3.8, 4) is 33.9 Å². The molecule has 0 saturated carbocycles. The lowest BCUT2D eigenvalue weighted by Gasteiger charge is -2.10. The van der Waals surface area contributed by atoms with Crippen LogP contribution in [0.3, 0.4) is 0 Å². The molecule has 31 heavy (non-hydrogen) atoms. The van der Waals surface area contributed by atoms with E-state index in [0.717, 1.165) is 22.4 Å². The number of nitrogens with zero attached hydrogens (tertiary/aromatic N) is 3. The minimum Gasteiger partial charge on any atom is -0.324 e. The molecule has 148 valence electrons. The summed E-state index contributed by atoms with van der Waals surface area (Å²) >= 11 is 0. The van der Waals surface area contributed by atoms with Gasteiger partial charge < -0.3 is 5.32 Å². The third-order valence-corrected chi connectivity index (χ3v) is 4.95. The summed E-state index contributed by atoms with van der Waals surface area (Å²) in [5.74, 6) is 1.79. The minimum atomic E-state index is 0.514. The fourth-order valence-electron chi connectivity index (χ4n) is 3.37.